The molecule has 2 rings (SSSR count). The van der Waals surface area contributed by atoms with Crippen molar-refractivity contribution in [1.82, 2.24) is 15.2 Å². The second kappa shape index (κ2) is 5.25. The van der Waals surface area contributed by atoms with Crippen LogP contribution in [0.25, 0.3) is 0 Å². The number of nitrogens with one attached hydrogen (secondary N) is 3. The van der Waals surface area contributed by atoms with Gasteiger partial charge in [0.05, 0.1) is 17.8 Å². The third-order valence-electron chi connectivity index (χ3n) is 2.16. The van der Waals surface area contributed by atoms with Gasteiger partial charge in [0.15, 0.2) is 0 Å². The van der Waals surface area contributed by atoms with E-state index in [-0.39, 0.29) is 12.2 Å². The number of hydrogen-bond acceptors (Lipinski definition) is 4. The van der Waals surface area contributed by atoms with Crippen LogP contribution >= 0.6 is 27.5 Å². The van der Waals surface area contributed by atoms with E-state index in [0.29, 0.717) is 26.6 Å². The molecule has 92 valence electrons. The lowest BCUT2D eigenvalue weighted by atomic mass is 10.2. The number of nitriles is 1. The number of halogens is 2. The van der Waals surface area contributed by atoms with E-state index in [1.165, 1.54) is 0 Å². The summed E-state index contributed by atoms with van der Waals surface area (Å²) in [5, 5.41) is 18.5. The van der Waals surface area contributed by atoms with Crippen molar-refractivity contribution in [1.29, 1.82) is 5.26 Å². The first-order valence-corrected chi connectivity index (χ1v) is 6.04. The van der Waals surface area contributed by atoms with Gasteiger partial charge in [-0.1, -0.05) is 11.6 Å². The van der Waals surface area contributed by atoms with E-state index >= 15 is 0 Å². The van der Waals surface area contributed by atoms with Crippen LogP contribution in [-0.4, -0.2) is 15.2 Å². The highest BCUT2D eigenvalue weighted by molar-refractivity contribution is 9.10. The van der Waals surface area contributed by atoms with Gasteiger partial charge in [-0.3, -0.25) is 4.98 Å². The summed E-state index contributed by atoms with van der Waals surface area (Å²) in [6.45, 7) is 0.285. The van der Waals surface area contributed by atoms with Crippen molar-refractivity contribution < 1.29 is 0 Å². The number of anilines is 1. The van der Waals surface area contributed by atoms with Gasteiger partial charge < -0.3 is 5.32 Å². The number of hydrogen-bond donors (Lipinski definition) is 3. The Labute approximate surface area is 115 Å². The lowest BCUT2D eigenvalue weighted by Gasteiger charge is -2.09. The van der Waals surface area contributed by atoms with Crippen molar-refractivity contribution in [3.8, 4) is 6.07 Å². The Morgan fingerprint density at radius 1 is 1.56 bits per heavy atom. The van der Waals surface area contributed by atoms with Gasteiger partial charge in [0, 0.05) is 9.50 Å². The molecule has 0 radical (unpaired) electrons. The molecule has 2 aromatic rings. The average Bonchev–Trinajstić information content (AvgIpc) is 2.73. The predicted octanol–water partition coefficient (Wildman–Crippen LogP) is 2.00. The first kappa shape index (κ1) is 12.7. The van der Waals surface area contributed by atoms with Crippen LogP contribution in [0, 0.1) is 11.3 Å². The van der Waals surface area contributed by atoms with E-state index in [0.717, 1.165) is 0 Å². The van der Waals surface area contributed by atoms with E-state index in [9.17, 15) is 4.79 Å². The number of H-pyrrole nitrogens is 2. The molecule has 0 saturated heterocycles. The van der Waals surface area contributed by atoms with Crippen molar-refractivity contribution in [2.45, 2.75) is 6.54 Å². The minimum absolute atomic E-state index is 0.285. The Morgan fingerprint density at radius 3 is 2.94 bits per heavy atom. The molecule has 0 aliphatic heterocycles. The second-order valence-corrected chi connectivity index (χ2v) is 4.69. The van der Waals surface area contributed by atoms with Gasteiger partial charge >= 0.3 is 5.69 Å². The number of aromatic amines is 2. The van der Waals surface area contributed by atoms with Gasteiger partial charge in [-0.15, -0.1) is 0 Å². The van der Waals surface area contributed by atoms with Gasteiger partial charge in [-0.05, 0) is 28.1 Å². The minimum Gasteiger partial charge on any atom is -0.376 e. The molecule has 8 heteroatoms. The maximum Gasteiger partial charge on any atom is 0.340 e. The van der Waals surface area contributed by atoms with Crippen molar-refractivity contribution in [3.05, 3.63) is 43.5 Å². The third-order valence-corrected chi connectivity index (χ3v) is 3.00. The zero-order chi connectivity index (χ0) is 13.1. The van der Waals surface area contributed by atoms with Gasteiger partial charge in [0.1, 0.15) is 11.9 Å². The molecule has 0 fully saturated rings. The molecule has 0 aliphatic carbocycles. The molecule has 0 amide bonds. The number of benzene rings is 1. The molecule has 0 saturated carbocycles. The summed E-state index contributed by atoms with van der Waals surface area (Å²) in [5.74, 6) is 0.450. The van der Waals surface area contributed by atoms with E-state index in [2.05, 4.69) is 36.4 Å². The number of aromatic nitrogens is 3. The Balaban J connectivity index is 2.24. The fourth-order valence-corrected chi connectivity index (χ4v) is 2.35. The molecule has 1 heterocycles. The first-order valence-electron chi connectivity index (χ1n) is 4.86. The van der Waals surface area contributed by atoms with Crippen LogP contribution in [0.3, 0.4) is 0 Å². The van der Waals surface area contributed by atoms with Gasteiger partial charge in [0.25, 0.3) is 0 Å². The van der Waals surface area contributed by atoms with Crippen LogP contribution in [-0.2, 0) is 6.54 Å². The normalized spacial score (nSPS) is 10.1. The predicted molar refractivity (Wildman–Crippen MR) is 70.4 cm³/mol. The molecule has 0 unspecified atom stereocenters. The smallest absolute Gasteiger partial charge is 0.340 e. The van der Waals surface area contributed by atoms with Crippen LogP contribution < -0.4 is 11.0 Å². The van der Waals surface area contributed by atoms with Crippen molar-refractivity contribution in [3.63, 3.8) is 0 Å². The minimum atomic E-state index is -0.373. The number of nitrogens with zero attached hydrogens (tertiary/aromatic N) is 2. The Kier molecular flexibility index (Phi) is 3.69. The molecular weight excluding hydrogens is 322 g/mol. The molecule has 0 aliphatic rings. The first-order chi connectivity index (χ1) is 8.60. The van der Waals surface area contributed by atoms with E-state index in [1.54, 1.807) is 12.1 Å². The Morgan fingerprint density at radius 2 is 2.33 bits per heavy atom. The zero-order valence-electron chi connectivity index (χ0n) is 8.92. The quantitative estimate of drug-likeness (QED) is 0.802. The average molecular weight is 329 g/mol. The molecule has 0 spiro atoms. The summed E-state index contributed by atoms with van der Waals surface area (Å²) in [6.07, 6.45) is 0. The topological polar surface area (TPSA) is 97.4 Å². The summed E-state index contributed by atoms with van der Waals surface area (Å²) in [4.78, 5) is 13.4. The maximum absolute atomic E-state index is 10.9. The molecule has 0 bridgehead atoms. The fourth-order valence-electron chi connectivity index (χ4n) is 1.40. The highest BCUT2D eigenvalue weighted by atomic mass is 79.9. The van der Waals surface area contributed by atoms with Crippen LogP contribution in [0.4, 0.5) is 5.69 Å². The second-order valence-electron chi connectivity index (χ2n) is 3.40. The zero-order valence-corrected chi connectivity index (χ0v) is 11.3. The molecule has 6 nitrogen and oxygen atoms in total. The van der Waals surface area contributed by atoms with E-state index < -0.39 is 0 Å². The van der Waals surface area contributed by atoms with Crippen LogP contribution in [0.5, 0.6) is 0 Å². The fraction of sp³-hybridized carbons (Fsp3) is 0.100. The van der Waals surface area contributed by atoms with Gasteiger partial charge in [-0.2, -0.15) is 10.4 Å². The summed E-state index contributed by atoms with van der Waals surface area (Å²) in [5.41, 5.74) is 0.639. The Hall–Kier alpha value is -1.78. The van der Waals surface area contributed by atoms with Crippen LogP contribution in [0.2, 0.25) is 5.02 Å². The molecule has 0 atom stereocenters. The largest absolute Gasteiger partial charge is 0.376 e. The Bertz CT molecular complexity index is 672. The molecular formula is C10H7BrClN5O. The summed E-state index contributed by atoms with van der Waals surface area (Å²) >= 11 is 9.17. The van der Waals surface area contributed by atoms with Crippen LogP contribution in [0.1, 0.15) is 11.4 Å². The molecule has 1 aromatic heterocycles. The third kappa shape index (κ3) is 2.72. The molecule has 18 heavy (non-hydrogen) atoms. The standard InChI is InChI=1S/C10H7BrClN5O/c11-7-2-6(12)1-5(3-13)9(7)14-4-8-15-10(18)17-16-8/h1-2,14H,4H2,(H2,15,16,17,18). The molecule has 1 aromatic carbocycles. The highest BCUT2D eigenvalue weighted by Crippen LogP contribution is 2.30. The van der Waals surface area contributed by atoms with Gasteiger partial charge in [-0.25, -0.2) is 9.89 Å². The lowest BCUT2D eigenvalue weighted by Crippen LogP contribution is -2.06. The van der Waals surface area contributed by atoms with Gasteiger partial charge in [0.2, 0.25) is 0 Å². The van der Waals surface area contributed by atoms with Crippen molar-refractivity contribution in [2.75, 3.05) is 5.32 Å². The summed E-state index contributed by atoms with van der Waals surface area (Å²) in [7, 11) is 0. The highest BCUT2D eigenvalue weighted by Gasteiger charge is 2.09. The molecule has 3 N–H and O–H groups in total. The summed E-state index contributed by atoms with van der Waals surface area (Å²) < 4.78 is 0.671. The SMILES string of the molecule is N#Cc1cc(Cl)cc(Br)c1NCc1n[nH]c(=O)[nH]1. The van der Waals surface area contributed by atoms with Crippen molar-refractivity contribution in [2.24, 2.45) is 0 Å². The monoisotopic (exact) mass is 327 g/mol. The van der Waals surface area contributed by atoms with E-state index in [1.807, 2.05) is 6.07 Å². The summed E-state index contributed by atoms with van der Waals surface area (Å²) in [6, 6.07) is 5.28. The lowest BCUT2D eigenvalue weighted by molar-refractivity contribution is 0.952. The van der Waals surface area contributed by atoms with E-state index in [4.69, 9.17) is 16.9 Å². The van der Waals surface area contributed by atoms with Crippen molar-refractivity contribution >= 4 is 33.2 Å². The number of rotatable bonds is 3. The maximum atomic E-state index is 10.9. The van der Waals surface area contributed by atoms with Crippen LogP contribution in [0.15, 0.2) is 21.4 Å².